The molecule has 3 unspecified atom stereocenters. The zero-order valence-electron chi connectivity index (χ0n) is 19.8. The molecule has 8 nitrogen and oxygen atoms in total. The zero-order chi connectivity index (χ0) is 22.7. The third kappa shape index (κ3) is 3.80. The van der Waals surface area contributed by atoms with Gasteiger partial charge in [0.15, 0.2) is 0 Å². The van der Waals surface area contributed by atoms with Crippen LogP contribution in [-0.2, 0) is 10.2 Å². The number of piperidine rings is 1. The Hall–Kier alpha value is -2.09. The lowest BCUT2D eigenvalue weighted by atomic mass is 9.98. The van der Waals surface area contributed by atoms with Gasteiger partial charge in [0.1, 0.15) is 17.6 Å². The summed E-state index contributed by atoms with van der Waals surface area (Å²) in [4.78, 5) is 26.1. The predicted octanol–water partition coefficient (Wildman–Crippen LogP) is 3.79. The van der Waals surface area contributed by atoms with Crippen LogP contribution < -0.4 is 10.2 Å². The molecule has 1 aromatic rings. The topological polar surface area (TPSA) is 90.8 Å². The molecule has 176 valence electrons. The van der Waals surface area contributed by atoms with Crippen LogP contribution in [0, 0.1) is 0 Å². The van der Waals surface area contributed by atoms with E-state index in [0.29, 0.717) is 18.5 Å². The second-order valence-corrected chi connectivity index (χ2v) is 11.2. The summed E-state index contributed by atoms with van der Waals surface area (Å²) in [6.07, 6.45) is 9.59. The van der Waals surface area contributed by atoms with Gasteiger partial charge in [-0.15, -0.1) is 0 Å². The molecule has 2 saturated carbocycles. The van der Waals surface area contributed by atoms with Gasteiger partial charge < -0.3 is 25.0 Å². The van der Waals surface area contributed by atoms with Crippen LogP contribution in [0.4, 0.5) is 16.6 Å². The molecule has 0 radical (unpaired) electrons. The summed E-state index contributed by atoms with van der Waals surface area (Å²) in [5.74, 6) is 1.55. The molecule has 32 heavy (non-hydrogen) atoms. The fourth-order valence-electron chi connectivity index (χ4n) is 5.81. The maximum atomic E-state index is 12.5. The fourth-order valence-corrected chi connectivity index (χ4v) is 5.81. The quantitative estimate of drug-likeness (QED) is 0.734. The number of amides is 1. The molecule has 2 aliphatic carbocycles. The van der Waals surface area contributed by atoms with Crippen molar-refractivity contribution >= 4 is 17.9 Å². The van der Waals surface area contributed by atoms with E-state index in [-0.39, 0.29) is 23.6 Å². The minimum atomic E-state index is -0.487. The van der Waals surface area contributed by atoms with Crippen molar-refractivity contribution in [1.29, 1.82) is 0 Å². The van der Waals surface area contributed by atoms with Crippen molar-refractivity contribution in [3.63, 3.8) is 0 Å². The second kappa shape index (κ2) is 7.75. The van der Waals surface area contributed by atoms with Crippen molar-refractivity contribution in [2.45, 2.75) is 114 Å². The van der Waals surface area contributed by atoms with Gasteiger partial charge in [-0.2, -0.15) is 4.98 Å². The van der Waals surface area contributed by atoms with E-state index in [1.54, 1.807) is 0 Å². The summed E-state index contributed by atoms with van der Waals surface area (Å²) in [5.41, 5.74) is 0.485. The largest absolute Gasteiger partial charge is 0.444 e. The third-order valence-corrected chi connectivity index (χ3v) is 7.65. The van der Waals surface area contributed by atoms with Gasteiger partial charge in [0.25, 0.3) is 0 Å². The number of nitrogens with zero attached hydrogens (tertiary/aromatic N) is 4. The third-order valence-electron chi connectivity index (χ3n) is 7.65. The summed E-state index contributed by atoms with van der Waals surface area (Å²) < 4.78 is 5.56. The van der Waals surface area contributed by atoms with Crippen LogP contribution in [0.1, 0.15) is 84.6 Å². The number of carbonyl (C=O) groups excluding carboxylic acids is 1. The first-order valence-corrected chi connectivity index (χ1v) is 12.3. The number of nitrogens with one attached hydrogen (secondary N) is 1. The molecular formula is C24H37N5O3. The maximum absolute atomic E-state index is 12.5. The van der Waals surface area contributed by atoms with Crippen molar-refractivity contribution < 1.29 is 14.6 Å². The van der Waals surface area contributed by atoms with Gasteiger partial charge in [0.2, 0.25) is 5.95 Å². The molecule has 1 saturated heterocycles. The minimum Gasteiger partial charge on any atom is -0.444 e. The molecule has 8 heteroatoms. The van der Waals surface area contributed by atoms with Gasteiger partial charge in [-0.25, -0.2) is 9.78 Å². The molecule has 0 aromatic carbocycles. The highest BCUT2D eigenvalue weighted by atomic mass is 16.6. The lowest BCUT2D eigenvalue weighted by Crippen LogP contribution is -2.49. The lowest BCUT2D eigenvalue weighted by molar-refractivity contribution is 0.0112. The Morgan fingerprint density at radius 1 is 1.25 bits per heavy atom. The molecule has 0 bridgehead atoms. The normalized spacial score (nSPS) is 29.3. The van der Waals surface area contributed by atoms with E-state index in [2.05, 4.69) is 22.1 Å². The number of rotatable bonds is 3. The Bertz CT molecular complexity index is 875. The van der Waals surface area contributed by atoms with E-state index in [9.17, 15) is 9.90 Å². The molecule has 1 aromatic heterocycles. The number of aliphatic hydroxyl groups is 1. The first-order chi connectivity index (χ1) is 15.2. The summed E-state index contributed by atoms with van der Waals surface area (Å²) >= 11 is 0. The summed E-state index contributed by atoms with van der Waals surface area (Å²) in [6.45, 7) is 8.40. The molecular weight excluding hydrogens is 406 g/mol. The lowest BCUT2D eigenvalue weighted by Gasteiger charge is -2.38. The summed E-state index contributed by atoms with van der Waals surface area (Å²) in [6, 6.07) is 0.656. The summed E-state index contributed by atoms with van der Waals surface area (Å²) in [7, 11) is 0. The van der Waals surface area contributed by atoms with Crippen LogP contribution in [-0.4, -0.2) is 62.6 Å². The van der Waals surface area contributed by atoms with E-state index < -0.39 is 11.8 Å². The van der Waals surface area contributed by atoms with Crippen LogP contribution in [0.5, 0.6) is 0 Å². The zero-order valence-corrected chi connectivity index (χ0v) is 19.8. The van der Waals surface area contributed by atoms with Crippen LogP contribution in [0.25, 0.3) is 0 Å². The molecule has 1 spiro atoms. The molecule has 3 fully saturated rings. The van der Waals surface area contributed by atoms with Crippen molar-refractivity contribution in [2.75, 3.05) is 16.8 Å². The van der Waals surface area contributed by atoms with E-state index in [1.807, 2.05) is 31.9 Å². The smallest absolute Gasteiger partial charge is 0.410 e. The Labute approximate surface area is 190 Å². The Morgan fingerprint density at radius 3 is 2.59 bits per heavy atom. The maximum Gasteiger partial charge on any atom is 0.410 e. The van der Waals surface area contributed by atoms with Crippen molar-refractivity contribution in [3.05, 3.63) is 11.8 Å². The van der Waals surface area contributed by atoms with Crippen LogP contribution in [0.2, 0.25) is 0 Å². The first kappa shape index (κ1) is 21.7. The Balaban J connectivity index is 1.28. The molecule has 3 heterocycles. The summed E-state index contributed by atoms with van der Waals surface area (Å²) in [5, 5.41) is 14.7. The standard InChI is InChI=1S/C24H37N5O3/c1-15-13-16(9-12-28(15)22(31)32-23(2,3)4)26-21-25-14-18-19(27-21)29(17-7-5-6-8-17)20(30)24(18)10-11-24/h14-17,20,30H,5-13H2,1-4H3,(H,25,26,27). The number of likely N-dealkylation sites (tertiary alicyclic amines) is 1. The number of hydrogen-bond donors (Lipinski definition) is 2. The van der Waals surface area contributed by atoms with E-state index in [4.69, 9.17) is 9.72 Å². The number of anilines is 2. The highest BCUT2D eigenvalue weighted by Crippen LogP contribution is 2.60. The average molecular weight is 444 g/mol. The van der Waals surface area contributed by atoms with E-state index in [0.717, 1.165) is 49.9 Å². The van der Waals surface area contributed by atoms with Gasteiger partial charge >= 0.3 is 6.09 Å². The molecule has 5 rings (SSSR count). The number of aliphatic hydroxyl groups excluding tert-OH is 1. The monoisotopic (exact) mass is 443 g/mol. The predicted molar refractivity (Wildman–Crippen MR) is 123 cm³/mol. The first-order valence-electron chi connectivity index (χ1n) is 12.3. The highest BCUT2D eigenvalue weighted by Gasteiger charge is 2.60. The number of carbonyl (C=O) groups is 1. The second-order valence-electron chi connectivity index (χ2n) is 11.2. The minimum absolute atomic E-state index is 0.0806. The number of fused-ring (bicyclic) bond motifs is 2. The SMILES string of the molecule is CC1CC(Nc2ncc3c(n2)N(C2CCCC2)C(O)C32CC2)CCN1C(=O)OC(C)(C)C. The van der Waals surface area contributed by atoms with E-state index >= 15 is 0 Å². The van der Waals surface area contributed by atoms with Crippen molar-refractivity contribution in [2.24, 2.45) is 0 Å². The van der Waals surface area contributed by atoms with E-state index in [1.165, 1.54) is 12.8 Å². The Morgan fingerprint density at radius 2 is 1.97 bits per heavy atom. The van der Waals surface area contributed by atoms with Gasteiger partial charge in [-0.1, -0.05) is 12.8 Å². The molecule has 1 amide bonds. The molecule has 4 aliphatic rings. The van der Waals surface area contributed by atoms with Crippen molar-refractivity contribution in [1.82, 2.24) is 14.9 Å². The average Bonchev–Trinajstić information content (AvgIpc) is 3.27. The fraction of sp³-hybridized carbons (Fsp3) is 0.792. The Kier molecular flexibility index (Phi) is 5.26. The van der Waals surface area contributed by atoms with Gasteiger partial charge in [0, 0.05) is 41.8 Å². The van der Waals surface area contributed by atoms with Gasteiger partial charge in [-0.05, 0) is 66.2 Å². The number of aromatic nitrogens is 2. The van der Waals surface area contributed by atoms with Crippen LogP contribution in [0.3, 0.4) is 0 Å². The van der Waals surface area contributed by atoms with Crippen LogP contribution in [0.15, 0.2) is 6.20 Å². The molecule has 3 atom stereocenters. The molecule has 2 aliphatic heterocycles. The van der Waals surface area contributed by atoms with Crippen molar-refractivity contribution in [3.8, 4) is 0 Å². The van der Waals surface area contributed by atoms with Crippen LogP contribution >= 0.6 is 0 Å². The number of ether oxygens (including phenoxy) is 1. The van der Waals surface area contributed by atoms with Gasteiger partial charge in [0.05, 0.1) is 0 Å². The van der Waals surface area contributed by atoms with Gasteiger partial charge in [-0.3, -0.25) is 0 Å². The highest BCUT2D eigenvalue weighted by molar-refractivity contribution is 5.68. The molecule has 2 N–H and O–H groups in total. The number of hydrogen-bond acceptors (Lipinski definition) is 7.